The van der Waals surface area contributed by atoms with Crippen LogP contribution in [-0.2, 0) is 0 Å². The largest absolute Gasteiger partial charge is 0.573 e. The van der Waals surface area contributed by atoms with E-state index in [2.05, 4.69) is 9.72 Å². The fourth-order valence-corrected chi connectivity index (χ4v) is 2.61. The highest BCUT2D eigenvalue weighted by molar-refractivity contribution is 5.90. The molecule has 0 aliphatic heterocycles. The molecule has 1 heterocycles. The molecule has 4 nitrogen and oxygen atoms in total. The first-order valence-electron chi connectivity index (χ1n) is 7.32. The molecule has 7 heteroatoms. The first-order chi connectivity index (χ1) is 11.8. The van der Waals surface area contributed by atoms with E-state index in [1.165, 1.54) is 7.11 Å². The van der Waals surface area contributed by atoms with E-state index in [1.807, 2.05) is 19.1 Å². The summed E-state index contributed by atoms with van der Waals surface area (Å²) in [6, 6.07) is 10.4. The zero-order valence-corrected chi connectivity index (χ0v) is 13.4. The van der Waals surface area contributed by atoms with Crippen molar-refractivity contribution in [3.8, 4) is 28.5 Å². The molecule has 0 aliphatic carbocycles. The van der Waals surface area contributed by atoms with Crippen LogP contribution in [0.5, 0.6) is 17.2 Å². The quantitative estimate of drug-likeness (QED) is 0.736. The molecule has 1 N–H and O–H groups in total. The Hall–Kier alpha value is -2.96. The van der Waals surface area contributed by atoms with Gasteiger partial charge in [0.15, 0.2) is 0 Å². The van der Waals surface area contributed by atoms with Crippen molar-refractivity contribution >= 4 is 10.9 Å². The van der Waals surface area contributed by atoms with Crippen LogP contribution in [0.1, 0.15) is 5.56 Å². The van der Waals surface area contributed by atoms with E-state index < -0.39 is 12.1 Å². The summed E-state index contributed by atoms with van der Waals surface area (Å²) in [4.78, 5) is 4.45. The van der Waals surface area contributed by atoms with E-state index in [0.717, 1.165) is 29.1 Å². The lowest BCUT2D eigenvalue weighted by Crippen LogP contribution is -2.17. The van der Waals surface area contributed by atoms with Gasteiger partial charge in [0.05, 0.1) is 12.8 Å². The van der Waals surface area contributed by atoms with Crippen molar-refractivity contribution in [2.45, 2.75) is 13.3 Å². The third-order valence-corrected chi connectivity index (χ3v) is 3.71. The number of rotatable bonds is 3. The number of pyridine rings is 1. The van der Waals surface area contributed by atoms with Gasteiger partial charge in [-0.3, -0.25) is 0 Å². The Bertz CT molecular complexity index is 939. The van der Waals surface area contributed by atoms with Crippen molar-refractivity contribution in [3.63, 3.8) is 0 Å². The van der Waals surface area contributed by atoms with Crippen LogP contribution in [-0.4, -0.2) is 23.6 Å². The Labute approximate surface area is 141 Å². The lowest BCUT2D eigenvalue weighted by atomic mass is 10.0. The van der Waals surface area contributed by atoms with Gasteiger partial charge in [0, 0.05) is 10.9 Å². The second-order valence-corrected chi connectivity index (χ2v) is 5.41. The molecule has 0 unspecified atom stereocenters. The molecular weight excluding hydrogens is 335 g/mol. The molecule has 0 saturated carbocycles. The summed E-state index contributed by atoms with van der Waals surface area (Å²) in [5.74, 6) is -0.0971. The Morgan fingerprint density at radius 2 is 1.84 bits per heavy atom. The first kappa shape index (κ1) is 16.9. The minimum absolute atomic E-state index is 0.137. The van der Waals surface area contributed by atoms with Crippen LogP contribution in [0, 0.1) is 6.92 Å². The Morgan fingerprint density at radius 3 is 2.52 bits per heavy atom. The number of aromatic hydroxyl groups is 1. The number of ether oxygens (including phenoxy) is 2. The van der Waals surface area contributed by atoms with Crippen LogP contribution < -0.4 is 9.47 Å². The molecule has 0 radical (unpaired) electrons. The number of fused-ring (bicyclic) bond motifs is 1. The summed E-state index contributed by atoms with van der Waals surface area (Å²) >= 11 is 0. The number of para-hydroxylation sites is 1. The van der Waals surface area contributed by atoms with E-state index in [0.29, 0.717) is 17.0 Å². The molecule has 3 aromatic rings. The lowest BCUT2D eigenvalue weighted by Gasteiger charge is -2.13. The van der Waals surface area contributed by atoms with Gasteiger partial charge in [-0.15, -0.1) is 13.2 Å². The monoisotopic (exact) mass is 349 g/mol. The molecule has 0 bridgehead atoms. The molecular formula is C18H14F3NO3. The van der Waals surface area contributed by atoms with Gasteiger partial charge in [-0.1, -0.05) is 12.1 Å². The summed E-state index contributed by atoms with van der Waals surface area (Å²) in [5, 5.41) is 10.9. The van der Waals surface area contributed by atoms with Crippen LogP contribution in [0.3, 0.4) is 0 Å². The van der Waals surface area contributed by atoms with Crippen LogP contribution >= 0.6 is 0 Å². The molecule has 0 fully saturated rings. The Kier molecular flexibility index (Phi) is 4.16. The number of phenolic OH excluding ortho intramolecular Hbond substituents is 1. The van der Waals surface area contributed by atoms with Gasteiger partial charge in [-0.2, -0.15) is 0 Å². The third kappa shape index (κ3) is 3.45. The SMILES string of the molecule is COc1cccc2c(C)cc(-c3cc(OC(F)(F)F)ccc3O)nc12. The Balaban J connectivity index is 2.17. The third-order valence-electron chi connectivity index (χ3n) is 3.71. The number of hydrogen-bond donors (Lipinski definition) is 1. The number of hydrogen-bond acceptors (Lipinski definition) is 4. The smallest absolute Gasteiger partial charge is 0.507 e. The van der Waals surface area contributed by atoms with Gasteiger partial charge in [-0.05, 0) is 42.8 Å². The van der Waals surface area contributed by atoms with Gasteiger partial charge >= 0.3 is 6.36 Å². The zero-order chi connectivity index (χ0) is 18.2. The van der Waals surface area contributed by atoms with E-state index in [4.69, 9.17) is 4.74 Å². The van der Waals surface area contributed by atoms with Crippen molar-refractivity contribution in [3.05, 3.63) is 48.0 Å². The molecule has 3 rings (SSSR count). The second-order valence-electron chi connectivity index (χ2n) is 5.41. The van der Waals surface area contributed by atoms with Crippen LogP contribution in [0.2, 0.25) is 0 Å². The maximum atomic E-state index is 12.4. The van der Waals surface area contributed by atoms with Gasteiger partial charge in [0.2, 0.25) is 0 Å². The summed E-state index contributed by atoms with van der Waals surface area (Å²) < 4.78 is 46.5. The highest BCUT2D eigenvalue weighted by Crippen LogP contribution is 2.36. The average molecular weight is 349 g/mol. The average Bonchev–Trinajstić information content (AvgIpc) is 2.54. The number of halogens is 3. The highest BCUT2D eigenvalue weighted by atomic mass is 19.4. The normalized spacial score (nSPS) is 11.6. The number of methoxy groups -OCH3 is 1. The molecule has 0 aliphatic rings. The van der Waals surface area contributed by atoms with Crippen molar-refractivity contribution in [1.29, 1.82) is 0 Å². The van der Waals surface area contributed by atoms with Crippen molar-refractivity contribution < 1.29 is 27.8 Å². The topological polar surface area (TPSA) is 51.6 Å². The van der Waals surface area contributed by atoms with E-state index >= 15 is 0 Å². The van der Waals surface area contributed by atoms with Crippen LogP contribution in [0.25, 0.3) is 22.2 Å². The minimum Gasteiger partial charge on any atom is -0.507 e. The summed E-state index contributed by atoms with van der Waals surface area (Å²) in [6.45, 7) is 1.85. The number of alkyl halides is 3. The van der Waals surface area contributed by atoms with Gasteiger partial charge < -0.3 is 14.6 Å². The van der Waals surface area contributed by atoms with Crippen LogP contribution in [0.4, 0.5) is 13.2 Å². The molecule has 25 heavy (non-hydrogen) atoms. The molecule has 1 aromatic heterocycles. The maximum Gasteiger partial charge on any atom is 0.573 e. The minimum atomic E-state index is -4.82. The lowest BCUT2D eigenvalue weighted by molar-refractivity contribution is -0.274. The van der Waals surface area contributed by atoms with Crippen molar-refractivity contribution in [1.82, 2.24) is 4.98 Å². The molecule has 0 spiro atoms. The first-order valence-corrected chi connectivity index (χ1v) is 7.32. The van der Waals surface area contributed by atoms with E-state index in [1.54, 1.807) is 12.1 Å². The summed E-state index contributed by atoms with van der Waals surface area (Å²) in [5.41, 5.74) is 1.86. The summed E-state index contributed by atoms with van der Waals surface area (Å²) in [7, 11) is 1.51. The van der Waals surface area contributed by atoms with Crippen molar-refractivity contribution in [2.75, 3.05) is 7.11 Å². The fraction of sp³-hybridized carbons (Fsp3) is 0.167. The molecule has 2 aromatic carbocycles. The molecule has 130 valence electrons. The number of phenols is 1. The molecule has 0 amide bonds. The van der Waals surface area contributed by atoms with Crippen LogP contribution in [0.15, 0.2) is 42.5 Å². The fourth-order valence-electron chi connectivity index (χ4n) is 2.61. The molecule has 0 atom stereocenters. The maximum absolute atomic E-state index is 12.4. The Morgan fingerprint density at radius 1 is 1.08 bits per heavy atom. The van der Waals surface area contributed by atoms with Gasteiger partial charge in [0.25, 0.3) is 0 Å². The number of nitrogens with zero attached hydrogens (tertiary/aromatic N) is 1. The molecule has 0 saturated heterocycles. The van der Waals surface area contributed by atoms with E-state index in [9.17, 15) is 18.3 Å². The predicted octanol–water partition coefficient (Wildman–Crippen LogP) is 4.82. The highest BCUT2D eigenvalue weighted by Gasteiger charge is 2.31. The number of aryl methyl sites for hydroxylation is 1. The second kappa shape index (κ2) is 6.16. The van der Waals surface area contributed by atoms with Gasteiger partial charge in [0.1, 0.15) is 22.8 Å². The van der Waals surface area contributed by atoms with Crippen molar-refractivity contribution in [2.24, 2.45) is 0 Å². The number of aromatic nitrogens is 1. The van der Waals surface area contributed by atoms with E-state index in [-0.39, 0.29) is 11.3 Å². The predicted molar refractivity (Wildman–Crippen MR) is 86.8 cm³/mol. The van der Waals surface area contributed by atoms with Gasteiger partial charge in [-0.25, -0.2) is 4.98 Å². The summed E-state index contributed by atoms with van der Waals surface area (Å²) in [6.07, 6.45) is -4.82. The number of benzene rings is 2. The zero-order valence-electron chi connectivity index (χ0n) is 13.4. The standard InChI is InChI=1S/C18H14F3NO3/c1-10-8-14(22-17-12(10)4-3-5-16(17)24-2)13-9-11(6-7-15(13)23)25-18(19,20)21/h3-9,23H,1-2H3.